The first-order chi connectivity index (χ1) is 11.6. The van der Waals surface area contributed by atoms with Gasteiger partial charge in [0.05, 0.1) is 37.6 Å². The molecule has 2 aliphatic rings. The Labute approximate surface area is 144 Å². The lowest BCUT2D eigenvalue weighted by Gasteiger charge is -2.05. The molecule has 2 aliphatic heterocycles. The first kappa shape index (κ1) is 19.2. The van der Waals surface area contributed by atoms with Crippen LogP contribution in [0, 0.1) is 0 Å². The topological polar surface area (TPSA) is 77.7 Å². The van der Waals surface area contributed by atoms with Gasteiger partial charge in [0.1, 0.15) is 0 Å². The number of unbranched alkanes of at least 4 members (excludes halogenated alkanes) is 1. The normalized spacial score (nSPS) is 27.6. The van der Waals surface area contributed by atoms with Crippen molar-refractivity contribution in [1.29, 1.82) is 0 Å². The first-order valence-electron chi connectivity index (χ1n) is 9.26. The van der Waals surface area contributed by atoms with Crippen LogP contribution in [0.25, 0.3) is 0 Å². The van der Waals surface area contributed by atoms with Crippen LogP contribution in [0.5, 0.6) is 0 Å². The van der Waals surface area contributed by atoms with Crippen molar-refractivity contribution in [2.24, 2.45) is 0 Å². The molecule has 0 N–H and O–H groups in total. The molecular weight excluding hydrogens is 312 g/mol. The van der Waals surface area contributed by atoms with Gasteiger partial charge in [-0.25, -0.2) is 0 Å². The zero-order chi connectivity index (χ0) is 17.4. The van der Waals surface area contributed by atoms with Gasteiger partial charge in [-0.1, -0.05) is 13.8 Å². The number of ether oxygens (including phenoxy) is 4. The summed E-state index contributed by atoms with van der Waals surface area (Å²) in [4.78, 5) is 23.1. The molecule has 138 valence electrons. The molecular formula is C18H30O6. The number of rotatable bonds is 13. The lowest BCUT2D eigenvalue weighted by molar-refractivity contribution is -0.146. The molecule has 0 amide bonds. The molecule has 0 bridgehead atoms. The zero-order valence-electron chi connectivity index (χ0n) is 14.8. The van der Waals surface area contributed by atoms with Gasteiger partial charge in [0.25, 0.3) is 0 Å². The molecule has 0 saturated carbocycles. The van der Waals surface area contributed by atoms with Crippen molar-refractivity contribution in [3.8, 4) is 0 Å². The second-order valence-electron chi connectivity index (χ2n) is 6.47. The van der Waals surface area contributed by atoms with Gasteiger partial charge in [-0.05, 0) is 25.7 Å². The van der Waals surface area contributed by atoms with Crippen molar-refractivity contribution in [2.75, 3.05) is 13.2 Å². The molecule has 0 aromatic carbocycles. The molecule has 2 rings (SSSR count). The van der Waals surface area contributed by atoms with Crippen LogP contribution < -0.4 is 0 Å². The number of carbonyl (C=O) groups is 2. The maximum atomic E-state index is 11.6. The van der Waals surface area contributed by atoms with Crippen molar-refractivity contribution in [1.82, 2.24) is 0 Å². The summed E-state index contributed by atoms with van der Waals surface area (Å²) < 4.78 is 21.1. The second kappa shape index (κ2) is 9.99. The molecule has 4 atom stereocenters. The second-order valence-corrected chi connectivity index (χ2v) is 6.47. The van der Waals surface area contributed by atoms with Crippen LogP contribution in [-0.4, -0.2) is 49.6 Å². The van der Waals surface area contributed by atoms with Gasteiger partial charge in [0, 0.05) is 25.7 Å². The SMILES string of the molecule is CCC1OC1CCOC(=O)CCCCC(=O)OCCC1OC1CC. The maximum Gasteiger partial charge on any atom is 0.305 e. The molecule has 2 fully saturated rings. The molecule has 0 spiro atoms. The van der Waals surface area contributed by atoms with E-state index in [0.717, 1.165) is 25.7 Å². The molecule has 0 aromatic rings. The third kappa shape index (κ3) is 7.18. The first-order valence-corrected chi connectivity index (χ1v) is 9.26. The van der Waals surface area contributed by atoms with Crippen molar-refractivity contribution >= 4 is 11.9 Å². The van der Waals surface area contributed by atoms with Crippen molar-refractivity contribution in [2.45, 2.75) is 89.6 Å². The largest absolute Gasteiger partial charge is 0.466 e. The molecule has 6 nitrogen and oxygen atoms in total. The Morgan fingerprint density at radius 1 is 0.750 bits per heavy atom. The minimum atomic E-state index is -0.200. The number of esters is 2. The predicted molar refractivity (Wildman–Crippen MR) is 87.5 cm³/mol. The van der Waals surface area contributed by atoms with Gasteiger partial charge in [-0.2, -0.15) is 0 Å². The van der Waals surface area contributed by atoms with Crippen molar-refractivity contribution < 1.29 is 28.5 Å². The third-order valence-electron chi connectivity index (χ3n) is 4.52. The summed E-state index contributed by atoms with van der Waals surface area (Å²) in [6.07, 6.45) is 6.84. The van der Waals surface area contributed by atoms with Gasteiger partial charge in [0.15, 0.2) is 0 Å². The van der Waals surface area contributed by atoms with Crippen LogP contribution in [0.3, 0.4) is 0 Å². The fraction of sp³-hybridized carbons (Fsp3) is 0.889. The molecule has 2 heterocycles. The molecule has 6 heteroatoms. The summed E-state index contributed by atoms with van der Waals surface area (Å²) in [7, 11) is 0. The van der Waals surface area contributed by atoms with Crippen molar-refractivity contribution in [3.05, 3.63) is 0 Å². The molecule has 2 saturated heterocycles. The Hall–Kier alpha value is -1.14. The van der Waals surface area contributed by atoms with E-state index < -0.39 is 0 Å². The van der Waals surface area contributed by atoms with Crippen LogP contribution in [0.2, 0.25) is 0 Å². The Kier molecular flexibility index (Phi) is 7.99. The van der Waals surface area contributed by atoms with E-state index in [-0.39, 0.29) is 24.1 Å². The summed E-state index contributed by atoms with van der Waals surface area (Å²) in [5, 5.41) is 0. The Bertz CT molecular complexity index is 372. The van der Waals surface area contributed by atoms with E-state index in [0.29, 0.717) is 51.1 Å². The molecule has 0 aromatic heterocycles. The van der Waals surface area contributed by atoms with Crippen LogP contribution in [-0.2, 0) is 28.5 Å². The van der Waals surface area contributed by atoms with Gasteiger partial charge >= 0.3 is 11.9 Å². The van der Waals surface area contributed by atoms with Crippen LogP contribution >= 0.6 is 0 Å². The average Bonchev–Trinajstić information content (AvgIpc) is 3.47. The Morgan fingerprint density at radius 3 is 1.50 bits per heavy atom. The Balaban J connectivity index is 1.36. The lowest BCUT2D eigenvalue weighted by Crippen LogP contribution is -2.10. The monoisotopic (exact) mass is 342 g/mol. The lowest BCUT2D eigenvalue weighted by atomic mass is 10.2. The molecule has 24 heavy (non-hydrogen) atoms. The number of carbonyl (C=O) groups excluding carboxylic acids is 2. The highest BCUT2D eigenvalue weighted by atomic mass is 16.6. The van der Waals surface area contributed by atoms with Crippen molar-refractivity contribution in [3.63, 3.8) is 0 Å². The third-order valence-corrected chi connectivity index (χ3v) is 4.52. The van der Waals surface area contributed by atoms with E-state index >= 15 is 0 Å². The summed E-state index contributed by atoms with van der Waals surface area (Å²) in [5.41, 5.74) is 0. The fourth-order valence-electron chi connectivity index (χ4n) is 2.85. The van der Waals surface area contributed by atoms with Gasteiger partial charge in [0.2, 0.25) is 0 Å². The summed E-state index contributed by atoms with van der Waals surface area (Å²) in [5.74, 6) is -0.401. The minimum Gasteiger partial charge on any atom is -0.466 e. The average molecular weight is 342 g/mol. The number of hydrogen-bond acceptors (Lipinski definition) is 6. The fourth-order valence-corrected chi connectivity index (χ4v) is 2.85. The summed E-state index contributed by atoms with van der Waals surface area (Å²) in [6.45, 7) is 5.01. The van der Waals surface area contributed by atoms with E-state index in [1.165, 1.54) is 0 Å². The summed E-state index contributed by atoms with van der Waals surface area (Å²) >= 11 is 0. The molecule has 0 aliphatic carbocycles. The summed E-state index contributed by atoms with van der Waals surface area (Å²) in [6, 6.07) is 0. The smallest absolute Gasteiger partial charge is 0.305 e. The zero-order valence-corrected chi connectivity index (χ0v) is 14.8. The van der Waals surface area contributed by atoms with Crippen LogP contribution in [0.1, 0.15) is 65.2 Å². The van der Waals surface area contributed by atoms with Gasteiger partial charge in [-0.15, -0.1) is 0 Å². The number of epoxide rings is 2. The predicted octanol–water partition coefficient (Wildman–Crippen LogP) is 2.77. The van der Waals surface area contributed by atoms with E-state index in [9.17, 15) is 9.59 Å². The number of hydrogen-bond donors (Lipinski definition) is 0. The van der Waals surface area contributed by atoms with E-state index in [1.54, 1.807) is 0 Å². The standard InChI is InChI=1S/C18H30O6/c1-3-13-15(23-13)9-11-21-17(19)7-5-6-8-18(20)22-12-10-16-14(4-2)24-16/h13-16H,3-12H2,1-2H3. The van der Waals surface area contributed by atoms with Crippen LogP contribution in [0.4, 0.5) is 0 Å². The molecule has 0 radical (unpaired) electrons. The maximum absolute atomic E-state index is 11.6. The molecule has 4 unspecified atom stereocenters. The van der Waals surface area contributed by atoms with Gasteiger partial charge < -0.3 is 18.9 Å². The highest BCUT2D eigenvalue weighted by molar-refractivity contribution is 5.70. The highest BCUT2D eigenvalue weighted by Crippen LogP contribution is 2.28. The van der Waals surface area contributed by atoms with E-state index in [2.05, 4.69) is 13.8 Å². The van der Waals surface area contributed by atoms with E-state index in [4.69, 9.17) is 18.9 Å². The van der Waals surface area contributed by atoms with Gasteiger partial charge in [-0.3, -0.25) is 9.59 Å². The quantitative estimate of drug-likeness (QED) is 0.291. The van der Waals surface area contributed by atoms with E-state index in [1.807, 2.05) is 0 Å². The minimum absolute atomic E-state index is 0.200. The van der Waals surface area contributed by atoms with Crippen LogP contribution in [0.15, 0.2) is 0 Å². The Morgan fingerprint density at radius 2 is 1.17 bits per heavy atom. The highest BCUT2D eigenvalue weighted by Gasteiger charge is 2.37.